The Morgan fingerprint density at radius 2 is 2.26 bits per heavy atom. The van der Waals surface area contributed by atoms with Gasteiger partial charge in [0.25, 0.3) is 0 Å². The van der Waals surface area contributed by atoms with Crippen LogP contribution in [0.1, 0.15) is 38.6 Å². The normalized spacial score (nSPS) is 11.4. The molecule has 2 aromatic heterocycles. The van der Waals surface area contributed by atoms with Gasteiger partial charge in [0.15, 0.2) is 10.6 Å². The van der Waals surface area contributed by atoms with Crippen molar-refractivity contribution < 1.29 is 0 Å². The third-order valence-corrected chi connectivity index (χ3v) is 4.18. The molecule has 0 aliphatic carbocycles. The van der Waals surface area contributed by atoms with Crippen LogP contribution in [-0.4, -0.2) is 19.7 Å². The maximum Gasteiger partial charge on any atom is 0.195 e. The van der Waals surface area contributed by atoms with Crippen LogP contribution in [0.25, 0.3) is 10.7 Å². The summed E-state index contributed by atoms with van der Waals surface area (Å²) in [6, 6.07) is 0. The highest BCUT2D eigenvalue weighted by Crippen LogP contribution is 2.26. The molecule has 0 spiro atoms. The van der Waals surface area contributed by atoms with Gasteiger partial charge in [-0.05, 0) is 24.6 Å². The third kappa shape index (κ3) is 3.51. The quantitative estimate of drug-likeness (QED) is 0.818. The van der Waals surface area contributed by atoms with Crippen LogP contribution >= 0.6 is 23.6 Å². The van der Waals surface area contributed by atoms with Crippen LogP contribution < -0.4 is 0 Å². The smallest absolute Gasteiger partial charge is 0.195 e. The summed E-state index contributed by atoms with van der Waals surface area (Å²) in [5, 5.41) is 8.40. The molecular weight excluding hydrogens is 276 g/mol. The molecule has 2 aromatic rings. The Bertz CT molecular complexity index is 579. The lowest BCUT2D eigenvalue weighted by Gasteiger charge is -2.03. The molecular formula is C13H20N4S2. The van der Waals surface area contributed by atoms with Gasteiger partial charge in [0.2, 0.25) is 0 Å². The van der Waals surface area contributed by atoms with Gasteiger partial charge >= 0.3 is 0 Å². The van der Waals surface area contributed by atoms with Crippen LogP contribution in [0.15, 0.2) is 6.20 Å². The molecule has 104 valence electrons. The first-order valence-corrected chi connectivity index (χ1v) is 7.94. The van der Waals surface area contributed by atoms with E-state index in [-0.39, 0.29) is 0 Å². The standard InChI is InChI=1S/C13H20N4S2/c1-4-5-6-17-12(15-16-13(17)18)10-8-14-11(19-10)7-9(2)3/h8-9H,4-7H2,1-3H3,(H,16,18). The molecule has 0 saturated heterocycles. The molecule has 6 heteroatoms. The highest BCUT2D eigenvalue weighted by molar-refractivity contribution is 7.71. The van der Waals surface area contributed by atoms with Crippen LogP contribution in [0, 0.1) is 10.7 Å². The fraction of sp³-hybridized carbons (Fsp3) is 0.615. The van der Waals surface area contributed by atoms with Crippen molar-refractivity contribution in [1.29, 1.82) is 0 Å². The second-order valence-corrected chi connectivity index (χ2v) is 6.58. The number of hydrogen-bond donors (Lipinski definition) is 1. The number of unbranched alkanes of at least 4 members (excludes halogenated alkanes) is 1. The van der Waals surface area contributed by atoms with Crippen molar-refractivity contribution in [2.75, 3.05) is 0 Å². The number of aromatic nitrogens is 4. The van der Waals surface area contributed by atoms with Gasteiger partial charge in [0.05, 0.1) is 9.88 Å². The summed E-state index contributed by atoms with van der Waals surface area (Å²) in [7, 11) is 0. The second-order valence-electron chi connectivity index (χ2n) is 5.07. The fourth-order valence-corrected chi connectivity index (χ4v) is 3.24. The SMILES string of the molecule is CCCCn1c(-c2cnc(CC(C)C)s2)n[nH]c1=S. The van der Waals surface area contributed by atoms with Crippen LogP contribution in [-0.2, 0) is 13.0 Å². The van der Waals surface area contributed by atoms with E-state index < -0.39 is 0 Å². The molecule has 0 bridgehead atoms. The molecule has 1 N–H and O–H groups in total. The molecule has 19 heavy (non-hydrogen) atoms. The molecule has 2 heterocycles. The lowest BCUT2D eigenvalue weighted by Crippen LogP contribution is -1.99. The van der Waals surface area contributed by atoms with Crippen LogP contribution in [0.2, 0.25) is 0 Å². The lowest BCUT2D eigenvalue weighted by molar-refractivity contribution is 0.629. The van der Waals surface area contributed by atoms with E-state index in [1.54, 1.807) is 11.3 Å². The zero-order valence-corrected chi connectivity index (χ0v) is 13.3. The molecule has 2 rings (SSSR count). The Morgan fingerprint density at radius 3 is 2.95 bits per heavy atom. The van der Waals surface area contributed by atoms with Crippen molar-refractivity contribution >= 4 is 23.6 Å². The molecule has 0 atom stereocenters. The van der Waals surface area contributed by atoms with Crippen molar-refractivity contribution in [3.63, 3.8) is 0 Å². The molecule has 0 aliphatic rings. The monoisotopic (exact) mass is 296 g/mol. The number of nitrogens with one attached hydrogen (secondary N) is 1. The second kappa shape index (κ2) is 6.43. The summed E-state index contributed by atoms with van der Waals surface area (Å²) < 4.78 is 2.77. The first-order valence-electron chi connectivity index (χ1n) is 6.72. The van der Waals surface area contributed by atoms with Gasteiger partial charge in [-0.2, -0.15) is 5.10 Å². The number of rotatable bonds is 6. The van der Waals surface area contributed by atoms with Gasteiger partial charge in [-0.1, -0.05) is 27.2 Å². The Hall–Kier alpha value is -1.01. The van der Waals surface area contributed by atoms with E-state index in [4.69, 9.17) is 12.2 Å². The van der Waals surface area contributed by atoms with Gasteiger partial charge in [0.1, 0.15) is 0 Å². The van der Waals surface area contributed by atoms with Crippen molar-refractivity contribution in [2.24, 2.45) is 5.92 Å². The Balaban J connectivity index is 2.26. The average molecular weight is 296 g/mol. The molecule has 0 aliphatic heterocycles. The van der Waals surface area contributed by atoms with E-state index >= 15 is 0 Å². The predicted octanol–water partition coefficient (Wildman–Crippen LogP) is 4.06. The minimum atomic E-state index is 0.625. The zero-order valence-electron chi connectivity index (χ0n) is 11.6. The number of hydrogen-bond acceptors (Lipinski definition) is 4. The fourth-order valence-electron chi connectivity index (χ4n) is 1.89. The predicted molar refractivity (Wildman–Crippen MR) is 82.0 cm³/mol. The maximum absolute atomic E-state index is 5.29. The van der Waals surface area contributed by atoms with Crippen molar-refractivity contribution in [3.8, 4) is 10.7 Å². The number of aromatic amines is 1. The summed E-state index contributed by atoms with van der Waals surface area (Å²) in [6.07, 6.45) is 5.19. The van der Waals surface area contributed by atoms with Crippen molar-refractivity contribution in [1.82, 2.24) is 19.7 Å². The Kier molecular flexibility index (Phi) is 4.87. The largest absolute Gasteiger partial charge is 0.299 e. The van der Waals surface area contributed by atoms with Gasteiger partial charge in [-0.3, -0.25) is 9.67 Å². The lowest BCUT2D eigenvalue weighted by atomic mass is 10.1. The van der Waals surface area contributed by atoms with Gasteiger partial charge in [-0.25, -0.2) is 4.98 Å². The van der Waals surface area contributed by atoms with Gasteiger partial charge in [-0.15, -0.1) is 11.3 Å². The molecule has 0 unspecified atom stereocenters. The Labute approximate surface area is 122 Å². The first-order chi connectivity index (χ1) is 9.11. The molecule has 0 radical (unpaired) electrons. The summed E-state index contributed by atoms with van der Waals surface area (Å²) >= 11 is 7.01. The van der Waals surface area contributed by atoms with E-state index in [1.165, 1.54) is 5.01 Å². The summed E-state index contributed by atoms with van der Waals surface area (Å²) in [5.41, 5.74) is 0. The van der Waals surface area contributed by atoms with Crippen molar-refractivity contribution in [3.05, 3.63) is 16.0 Å². The molecule has 4 nitrogen and oxygen atoms in total. The minimum Gasteiger partial charge on any atom is -0.299 e. The Morgan fingerprint density at radius 1 is 1.47 bits per heavy atom. The van der Waals surface area contributed by atoms with Gasteiger partial charge in [0, 0.05) is 19.2 Å². The zero-order chi connectivity index (χ0) is 13.8. The van der Waals surface area contributed by atoms with E-state index in [0.29, 0.717) is 10.7 Å². The van der Waals surface area contributed by atoms with Crippen LogP contribution in [0.4, 0.5) is 0 Å². The van der Waals surface area contributed by atoms with Crippen LogP contribution in [0.5, 0.6) is 0 Å². The van der Waals surface area contributed by atoms with E-state index in [1.807, 2.05) is 6.20 Å². The summed E-state index contributed by atoms with van der Waals surface area (Å²) in [4.78, 5) is 5.58. The third-order valence-electron chi connectivity index (χ3n) is 2.85. The topological polar surface area (TPSA) is 46.5 Å². The van der Waals surface area contributed by atoms with E-state index in [2.05, 4.69) is 40.5 Å². The van der Waals surface area contributed by atoms with E-state index in [0.717, 1.165) is 36.5 Å². The molecule has 0 amide bonds. The summed E-state index contributed by atoms with van der Waals surface area (Å²) in [6.45, 7) is 7.51. The maximum atomic E-state index is 5.29. The van der Waals surface area contributed by atoms with Gasteiger partial charge < -0.3 is 0 Å². The first kappa shape index (κ1) is 14.4. The number of thiazole rings is 1. The molecule has 0 fully saturated rings. The number of H-pyrrole nitrogens is 1. The van der Waals surface area contributed by atoms with E-state index in [9.17, 15) is 0 Å². The van der Waals surface area contributed by atoms with Crippen LogP contribution in [0.3, 0.4) is 0 Å². The van der Waals surface area contributed by atoms with Crippen molar-refractivity contribution in [2.45, 2.75) is 46.6 Å². The number of nitrogens with zero attached hydrogens (tertiary/aromatic N) is 3. The average Bonchev–Trinajstić information content (AvgIpc) is 2.93. The highest BCUT2D eigenvalue weighted by atomic mass is 32.1. The highest BCUT2D eigenvalue weighted by Gasteiger charge is 2.12. The molecule has 0 aromatic carbocycles. The molecule has 0 saturated carbocycles. The minimum absolute atomic E-state index is 0.625. The summed E-state index contributed by atoms with van der Waals surface area (Å²) in [5.74, 6) is 1.55.